The van der Waals surface area contributed by atoms with Crippen LogP contribution in [0.2, 0.25) is 10.0 Å². The molecule has 1 heterocycles. The van der Waals surface area contributed by atoms with Crippen molar-refractivity contribution in [1.29, 1.82) is 0 Å². The monoisotopic (exact) mass is 376 g/mol. The number of benzene rings is 2. The second kappa shape index (κ2) is 7.91. The zero-order valence-electron chi connectivity index (χ0n) is 13.6. The van der Waals surface area contributed by atoms with Crippen molar-refractivity contribution in [3.05, 3.63) is 76.8 Å². The van der Waals surface area contributed by atoms with Crippen LogP contribution in [0.5, 0.6) is 11.5 Å². The standard InChI is InChI=1S/C19H18Cl2N2O2/c1-13(11-23-9-8-22-12-23)19(24)14-2-5-16(6-3-14)25-18-7-4-15(20)10-17(18)21/h2-10,12-13,19,24H,11H2,1H3. The molecule has 0 spiro atoms. The number of rotatable bonds is 6. The van der Waals surface area contributed by atoms with E-state index in [1.165, 1.54) is 0 Å². The molecule has 2 atom stereocenters. The molecule has 3 aromatic rings. The zero-order valence-corrected chi connectivity index (χ0v) is 15.2. The Labute approximate surface area is 156 Å². The lowest BCUT2D eigenvalue weighted by Crippen LogP contribution is -2.15. The molecule has 3 rings (SSSR count). The van der Waals surface area contributed by atoms with Crippen molar-refractivity contribution in [2.45, 2.75) is 19.6 Å². The van der Waals surface area contributed by atoms with Crippen LogP contribution in [-0.4, -0.2) is 14.7 Å². The van der Waals surface area contributed by atoms with Gasteiger partial charge in [-0.2, -0.15) is 0 Å². The Kier molecular flexibility index (Phi) is 5.63. The Balaban J connectivity index is 1.66. The Bertz CT molecular complexity index is 820. The van der Waals surface area contributed by atoms with Gasteiger partial charge in [0.25, 0.3) is 0 Å². The van der Waals surface area contributed by atoms with Crippen molar-refractivity contribution in [2.75, 3.05) is 0 Å². The van der Waals surface area contributed by atoms with Crippen LogP contribution in [0.15, 0.2) is 61.2 Å². The molecule has 0 aliphatic carbocycles. The second-order valence-corrected chi connectivity index (χ2v) is 6.77. The molecule has 6 heteroatoms. The lowest BCUT2D eigenvalue weighted by atomic mass is 9.97. The molecule has 2 aromatic carbocycles. The van der Waals surface area contributed by atoms with Crippen LogP contribution in [0.4, 0.5) is 0 Å². The normalized spacial score (nSPS) is 13.4. The van der Waals surface area contributed by atoms with Gasteiger partial charge in [-0.1, -0.05) is 42.3 Å². The van der Waals surface area contributed by atoms with E-state index in [0.717, 1.165) is 5.56 Å². The molecule has 130 valence electrons. The molecule has 0 saturated carbocycles. The van der Waals surface area contributed by atoms with E-state index < -0.39 is 6.10 Å². The minimum Gasteiger partial charge on any atom is -0.456 e. The number of halogens is 2. The third-order valence-electron chi connectivity index (χ3n) is 3.94. The smallest absolute Gasteiger partial charge is 0.146 e. The Hall–Kier alpha value is -2.01. The number of hydrogen-bond donors (Lipinski definition) is 1. The molecule has 0 aliphatic rings. The molecule has 1 N–H and O–H groups in total. The van der Waals surface area contributed by atoms with E-state index in [0.29, 0.717) is 28.1 Å². The molecule has 1 aromatic heterocycles. The minimum absolute atomic E-state index is 0.0479. The molecule has 2 unspecified atom stereocenters. The molecule has 25 heavy (non-hydrogen) atoms. The lowest BCUT2D eigenvalue weighted by molar-refractivity contribution is 0.107. The highest BCUT2D eigenvalue weighted by molar-refractivity contribution is 6.35. The van der Waals surface area contributed by atoms with Gasteiger partial charge in [-0.25, -0.2) is 4.98 Å². The third kappa shape index (κ3) is 4.54. The van der Waals surface area contributed by atoms with Gasteiger partial charge in [0.1, 0.15) is 11.5 Å². The van der Waals surface area contributed by atoms with E-state index in [1.54, 1.807) is 30.7 Å². The molecule has 4 nitrogen and oxygen atoms in total. The molecule has 0 fully saturated rings. The van der Waals surface area contributed by atoms with Gasteiger partial charge >= 0.3 is 0 Å². The predicted molar refractivity (Wildman–Crippen MR) is 99.3 cm³/mol. The lowest BCUT2D eigenvalue weighted by Gasteiger charge is -2.20. The van der Waals surface area contributed by atoms with Crippen molar-refractivity contribution in [1.82, 2.24) is 9.55 Å². The summed E-state index contributed by atoms with van der Waals surface area (Å²) in [5.74, 6) is 1.22. The van der Waals surface area contributed by atoms with Gasteiger partial charge in [-0.05, 0) is 35.9 Å². The fraction of sp³-hybridized carbons (Fsp3) is 0.211. The summed E-state index contributed by atoms with van der Waals surface area (Å²) in [4.78, 5) is 4.02. The first-order valence-corrected chi connectivity index (χ1v) is 8.65. The zero-order chi connectivity index (χ0) is 17.8. The predicted octanol–water partition coefficient (Wildman–Crippen LogP) is 5.35. The van der Waals surface area contributed by atoms with E-state index in [9.17, 15) is 5.11 Å². The molecule has 0 amide bonds. The summed E-state index contributed by atoms with van der Waals surface area (Å²) in [7, 11) is 0. The number of ether oxygens (including phenoxy) is 1. The number of aliphatic hydroxyl groups excluding tert-OH is 1. The van der Waals surface area contributed by atoms with Crippen molar-refractivity contribution in [3.8, 4) is 11.5 Å². The minimum atomic E-state index is -0.574. The van der Waals surface area contributed by atoms with E-state index in [4.69, 9.17) is 27.9 Å². The summed E-state index contributed by atoms with van der Waals surface area (Å²) >= 11 is 12.0. The largest absolute Gasteiger partial charge is 0.456 e. The van der Waals surface area contributed by atoms with Crippen LogP contribution in [0.3, 0.4) is 0 Å². The molecule has 0 aliphatic heterocycles. The van der Waals surface area contributed by atoms with Crippen LogP contribution < -0.4 is 4.74 Å². The van der Waals surface area contributed by atoms with Crippen LogP contribution in [0.1, 0.15) is 18.6 Å². The molecule has 0 radical (unpaired) electrons. The van der Waals surface area contributed by atoms with Gasteiger partial charge in [0.2, 0.25) is 0 Å². The second-order valence-electron chi connectivity index (χ2n) is 5.93. The maximum absolute atomic E-state index is 10.5. The molecular formula is C19H18Cl2N2O2. The Morgan fingerprint density at radius 1 is 1.16 bits per heavy atom. The SMILES string of the molecule is CC(Cn1ccnc1)C(O)c1ccc(Oc2ccc(Cl)cc2Cl)cc1. The fourth-order valence-electron chi connectivity index (χ4n) is 2.57. The number of hydrogen-bond acceptors (Lipinski definition) is 3. The molecule has 0 bridgehead atoms. The van der Waals surface area contributed by atoms with Gasteiger partial charge in [0, 0.05) is 29.9 Å². The third-order valence-corrected chi connectivity index (χ3v) is 4.47. The van der Waals surface area contributed by atoms with E-state index in [1.807, 2.05) is 42.0 Å². The van der Waals surface area contributed by atoms with E-state index in [2.05, 4.69) is 4.98 Å². The van der Waals surface area contributed by atoms with Crippen LogP contribution >= 0.6 is 23.2 Å². The molecular weight excluding hydrogens is 359 g/mol. The van der Waals surface area contributed by atoms with Gasteiger partial charge in [0.05, 0.1) is 17.5 Å². The topological polar surface area (TPSA) is 47.3 Å². The molecule has 0 saturated heterocycles. The number of aromatic nitrogens is 2. The summed E-state index contributed by atoms with van der Waals surface area (Å²) in [5.41, 5.74) is 0.835. The first-order valence-electron chi connectivity index (χ1n) is 7.89. The summed E-state index contributed by atoms with van der Waals surface area (Å²) in [6, 6.07) is 12.4. The van der Waals surface area contributed by atoms with Crippen molar-refractivity contribution in [2.24, 2.45) is 5.92 Å². The number of nitrogens with zero attached hydrogens (tertiary/aromatic N) is 2. The van der Waals surface area contributed by atoms with Crippen molar-refractivity contribution >= 4 is 23.2 Å². The number of aliphatic hydroxyl groups is 1. The quantitative estimate of drug-likeness (QED) is 0.630. The van der Waals surface area contributed by atoms with Crippen LogP contribution in [0.25, 0.3) is 0 Å². The van der Waals surface area contributed by atoms with E-state index >= 15 is 0 Å². The fourth-order valence-corrected chi connectivity index (χ4v) is 3.02. The van der Waals surface area contributed by atoms with Crippen molar-refractivity contribution in [3.63, 3.8) is 0 Å². The van der Waals surface area contributed by atoms with Gasteiger partial charge < -0.3 is 14.4 Å². The summed E-state index contributed by atoms with van der Waals surface area (Å²) in [6.07, 6.45) is 4.79. The van der Waals surface area contributed by atoms with Crippen LogP contribution in [0, 0.1) is 5.92 Å². The summed E-state index contributed by atoms with van der Waals surface area (Å²) in [6.45, 7) is 2.70. The van der Waals surface area contributed by atoms with Gasteiger partial charge in [0.15, 0.2) is 0 Å². The number of imidazole rings is 1. The summed E-state index contributed by atoms with van der Waals surface area (Å²) < 4.78 is 7.71. The maximum Gasteiger partial charge on any atom is 0.146 e. The summed E-state index contributed by atoms with van der Waals surface area (Å²) in [5, 5.41) is 11.5. The van der Waals surface area contributed by atoms with Gasteiger partial charge in [-0.15, -0.1) is 0 Å². The average Bonchev–Trinajstić information content (AvgIpc) is 3.10. The van der Waals surface area contributed by atoms with Gasteiger partial charge in [-0.3, -0.25) is 0 Å². The highest BCUT2D eigenvalue weighted by atomic mass is 35.5. The highest BCUT2D eigenvalue weighted by Crippen LogP contribution is 2.32. The van der Waals surface area contributed by atoms with Crippen molar-refractivity contribution < 1.29 is 9.84 Å². The van der Waals surface area contributed by atoms with Crippen LogP contribution in [-0.2, 0) is 6.54 Å². The first-order chi connectivity index (χ1) is 12.0. The highest BCUT2D eigenvalue weighted by Gasteiger charge is 2.17. The van der Waals surface area contributed by atoms with E-state index in [-0.39, 0.29) is 5.92 Å². The first kappa shape index (κ1) is 17.8. The Morgan fingerprint density at radius 3 is 2.56 bits per heavy atom. The average molecular weight is 377 g/mol. The Morgan fingerprint density at radius 2 is 1.92 bits per heavy atom. The maximum atomic E-state index is 10.5.